The lowest BCUT2D eigenvalue weighted by Gasteiger charge is -2.28. The first-order chi connectivity index (χ1) is 11.2. The summed E-state index contributed by atoms with van der Waals surface area (Å²) in [4.78, 5) is 12.1. The summed E-state index contributed by atoms with van der Waals surface area (Å²) in [5.74, 6) is 3.86. The molecule has 4 nitrogen and oxygen atoms in total. The van der Waals surface area contributed by atoms with Crippen LogP contribution >= 0.6 is 0 Å². The van der Waals surface area contributed by atoms with Gasteiger partial charge in [0, 0.05) is 6.04 Å². The molecular weight excluding hydrogens is 290 g/mol. The van der Waals surface area contributed by atoms with Crippen LogP contribution in [0.25, 0.3) is 0 Å². The Morgan fingerprint density at radius 1 is 1.17 bits per heavy atom. The molecule has 2 bridgehead atoms. The van der Waals surface area contributed by atoms with E-state index in [-0.39, 0.29) is 18.6 Å². The molecule has 1 N–H and O–H groups in total. The topological polar surface area (TPSA) is 47.6 Å². The second-order valence-corrected chi connectivity index (χ2v) is 6.89. The zero-order valence-electron chi connectivity index (χ0n) is 14.1. The summed E-state index contributed by atoms with van der Waals surface area (Å²) in [7, 11) is 0. The number of fused-ring (bicyclic) bond motifs is 2. The largest absolute Gasteiger partial charge is 0.494 e. The van der Waals surface area contributed by atoms with Crippen LogP contribution in [-0.4, -0.2) is 25.2 Å². The molecule has 2 fully saturated rings. The summed E-state index contributed by atoms with van der Waals surface area (Å²) < 4.78 is 10.9. The number of carbonyl (C=O) groups is 1. The van der Waals surface area contributed by atoms with Crippen molar-refractivity contribution < 1.29 is 14.3 Å². The lowest BCUT2D eigenvalue weighted by Crippen LogP contribution is -2.42. The fraction of sp³-hybridized carbons (Fsp3) is 0.632. The average molecular weight is 317 g/mol. The second kappa shape index (κ2) is 7.24. The molecule has 2 aliphatic rings. The van der Waals surface area contributed by atoms with Gasteiger partial charge in [-0.2, -0.15) is 0 Å². The first kappa shape index (κ1) is 16.2. The molecule has 1 amide bonds. The third-order valence-electron chi connectivity index (χ3n) is 5.33. The van der Waals surface area contributed by atoms with E-state index in [4.69, 9.17) is 9.47 Å². The minimum atomic E-state index is -0.0332. The Balaban J connectivity index is 1.42. The normalized spacial score (nSPS) is 26.8. The molecule has 0 saturated heterocycles. The first-order valence-corrected chi connectivity index (χ1v) is 8.80. The third-order valence-corrected chi connectivity index (χ3v) is 5.33. The van der Waals surface area contributed by atoms with Gasteiger partial charge >= 0.3 is 0 Å². The van der Waals surface area contributed by atoms with E-state index in [9.17, 15) is 4.79 Å². The van der Waals surface area contributed by atoms with Crippen molar-refractivity contribution in [3.63, 3.8) is 0 Å². The fourth-order valence-electron chi connectivity index (χ4n) is 4.26. The number of ether oxygens (including phenoxy) is 2. The minimum absolute atomic E-state index is 0.0332. The zero-order valence-corrected chi connectivity index (χ0v) is 14.1. The molecule has 4 atom stereocenters. The summed E-state index contributed by atoms with van der Waals surface area (Å²) in [6, 6.07) is 7.63. The van der Waals surface area contributed by atoms with E-state index in [1.54, 1.807) is 0 Å². The Hall–Kier alpha value is -1.71. The fourth-order valence-corrected chi connectivity index (χ4v) is 4.26. The molecule has 0 unspecified atom stereocenters. The summed E-state index contributed by atoms with van der Waals surface area (Å²) in [6.45, 7) is 4.80. The van der Waals surface area contributed by atoms with E-state index in [1.165, 1.54) is 25.7 Å². The molecule has 4 heteroatoms. The van der Waals surface area contributed by atoms with Crippen LogP contribution in [-0.2, 0) is 4.79 Å². The van der Waals surface area contributed by atoms with Crippen molar-refractivity contribution in [3.05, 3.63) is 24.3 Å². The van der Waals surface area contributed by atoms with Gasteiger partial charge in [-0.25, -0.2) is 0 Å². The summed E-state index contributed by atoms with van der Waals surface area (Å²) >= 11 is 0. The van der Waals surface area contributed by atoms with Crippen molar-refractivity contribution in [3.8, 4) is 11.5 Å². The highest BCUT2D eigenvalue weighted by Gasteiger charge is 2.42. The number of nitrogens with one attached hydrogen (secondary N) is 1. The summed E-state index contributed by atoms with van der Waals surface area (Å²) in [5, 5.41) is 3.12. The Kier molecular flexibility index (Phi) is 5.09. The molecule has 0 radical (unpaired) electrons. The van der Waals surface area contributed by atoms with Crippen LogP contribution in [0.3, 0.4) is 0 Å². The van der Waals surface area contributed by atoms with E-state index < -0.39 is 0 Å². The Morgan fingerprint density at radius 3 is 2.43 bits per heavy atom. The number of hydrogen-bond acceptors (Lipinski definition) is 3. The maximum Gasteiger partial charge on any atom is 0.258 e. The van der Waals surface area contributed by atoms with Crippen LogP contribution in [0, 0.1) is 17.8 Å². The quantitative estimate of drug-likeness (QED) is 0.838. The minimum Gasteiger partial charge on any atom is -0.494 e. The molecular formula is C19H27NO3. The van der Waals surface area contributed by atoms with Crippen LogP contribution in [0.4, 0.5) is 0 Å². The number of amides is 1. The maximum absolute atomic E-state index is 12.1. The lowest BCUT2D eigenvalue weighted by molar-refractivity contribution is -0.124. The molecule has 3 rings (SSSR count). The SMILES string of the molecule is CCOc1ccc(OCC(=O)N[C@H](C)[C@@H]2C[C@H]3CC[C@H]2C3)cc1. The van der Waals surface area contributed by atoms with Crippen molar-refractivity contribution in [1.82, 2.24) is 5.32 Å². The predicted molar refractivity (Wildman–Crippen MR) is 89.6 cm³/mol. The highest BCUT2D eigenvalue weighted by molar-refractivity contribution is 5.77. The van der Waals surface area contributed by atoms with Crippen molar-refractivity contribution in [2.75, 3.05) is 13.2 Å². The van der Waals surface area contributed by atoms with Crippen molar-refractivity contribution in [2.24, 2.45) is 17.8 Å². The summed E-state index contributed by atoms with van der Waals surface area (Å²) in [5.41, 5.74) is 0. The Labute approximate surface area is 138 Å². The smallest absolute Gasteiger partial charge is 0.258 e. The lowest BCUT2D eigenvalue weighted by atomic mass is 9.84. The van der Waals surface area contributed by atoms with Gasteiger partial charge in [0.25, 0.3) is 5.91 Å². The molecule has 23 heavy (non-hydrogen) atoms. The van der Waals surface area contributed by atoms with Crippen molar-refractivity contribution >= 4 is 5.91 Å². The van der Waals surface area contributed by atoms with Crippen LogP contribution in [0.5, 0.6) is 11.5 Å². The summed E-state index contributed by atoms with van der Waals surface area (Å²) in [6.07, 6.45) is 5.39. The number of benzene rings is 1. The number of carbonyl (C=O) groups excluding carboxylic acids is 1. The van der Waals surface area contributed by atoms with E-state index in [0.29, 0.717) is 18.3 Å². The molecule has 0 aliphatic heterocycles. The molecule has 0 spiro atoms. The molecule has 2 aliphatic carbocycles. The molecule has 0 heterocycles. The van der Waals surface area contributed by atoms with Gasteiger partial charge < -0.3 is 14.8 Å². The third kappa shape index (κ3) is 3.98. The van der Waals surface area contributed by atoms with Crippen LogP contribution in [0.1, 0.15) is 39.5 Å². The zero-order chi connectivity index (χ0) is 16.2. The first-order valence-electron chi connectivity index (χ1n) is 8.80. The van der Waals surface area contributed by atoms with Crippen LogP contribution < -0.4 is 14.8 Å². The molecule has 126 valence electrons. The van der Waals surface area contributed by atoms with Gasteiger partial charge in [0.1, 0.15) is 11.5 Å². The second-order valence-electron chi connectivity index (χ2n) is 6.89. The Morgan fingerprint density at radius 2 is 1.87 bits per heavy atom. The van der Waals surface area contributed by atoms with Crippen molar-refractivity contribution in [2.45, 2.75) is 45.6 Å². The number of hydrogen-bond donors (Lipinski definition) is 1. The van der Waals surface area contributed by atoms with Gasteiger partial charge in [-0.05, 0) is 75.1 Å². The molecule has 2 saturated carbocycles. The maximum atomic E-state index is 12.1. The van der Waals surface area contributed by atoms with Crippen LogP contribution in [0.2, 0.25) is 0 Å². The predicted octanol–water partition coefficient (Wildman–Crippen LogP) is 3.41. The van der Waals surface area contributed by atoms with Crippen molar-refractivity contribution in [1.29, 1.82) is 0 Å². The highest BCUT2D eigenvalue weighted by atomic mass is 16.5. The van der Waals surface area contributed by atoms with E-state index in [1.807, 2.05) is 31.2 Å². The van der Waals surface area contributed by atoms with Gasteiger partial charge in [-0.3, -0.25) is 4.79 Å². The van der Waals surface area contributed by atoms with Gasteiger partial charge in [0.05, 0.1) is 6.61 Å². The molecule has 1 aromatic carbocycles. The van der Waals surface area contributed by atoms with Gasteiger partial charge in [0.2, 0.25) is 0 Å². The molecule has 0 aromatic heterocycles. The van der Waals surface area contributed by atoms with Gasteiger partial charge in [-0.15, -0.1) is 0 Å². The van der Waals surface area contributed by atoms with E-state index in [0.717, 1.165) is 17.6 Å². The molecule has 1 aromatic rings. The van der Waals surface area contributed by atoms with Crippen LogP contribution in [0.15, 0.2) is 24.3 Å². The van der Waals surface area contributed by atoms with Gasteiger partial charge in [0.15, 0.2) is 6.61 Å². The average Bonchev–Trinajstić information content (AvgIpc) is 3.17. The van der Waals surface area contributed by atoms with E-state index in [2.05, 4.69) is 12.2 Å². The standard InChI is InChI=1S/C19H27NO3/c1-3-22-16-6-8-17(9-7-16)23-12-19(21)20-13(2)18-11-14-4-5-15(18)10-14/h6-9,13-15,18H,3-5,10-12H2,1-2H3,(H,20,21)/t13-,14+,15+,18+/m1/s1. The van der Waals surface area contributed by atoms with Gasteiger partial charge in [-0.1, -0.05) is 6.42 Å². The Bertz CT molecular complexity index is 528. The monoisotopic (exact) mass is 317 g/mol. The van der Waals surface area contributed by atoms with E-state index >= 15 is 0 Å². The number of rotatable bonds is 7. The highest BCUT2D eigenvalue weighted by Crippen LogP contribution is 2.49.